The largest absolute Gasteiger partial charge is 0.477 e. The summed E-state index contributed by atoms with van der Waals surface area (Å²) in [6, 6.07) is 4.75. The molecule has 0 saturated carbocycles. The van der Waals surface area contributed by atoms with E-state index in [4.69, 9.17) is 5.11 Å². The highest BCUT2D eigenvalue weighted by atomic mass is 19.1. The number of rotatable bonds is 2. The molecular weight excluding hydrogens is 199 g/mol. The van der Waals surface area contributed by atoms with E-state index in [0.29, 0.717) is 25.3 Å². The zero-order chi connectivity index (χ0) is 10.8. The maximum absolute atomic E-state index is 12.9. The Morgan fingerprint density at radius 2 is 2.40 bits per heavy atom. The van der Waals surface area contributed by atoms with Crippen molar-refractivity contribution in [3.8, 4) is 0 Å². The monoisotopic (exact) mass is 210 g/mol. The van der Waals surface area contributed by atoms with Crippen molar-refractivity contribution in [2.24, 2.45) is 0 Å². The van der Waals surface area contributed by atoms with Gasteiger partial charge in [-0.05, 0) is 18.6 Å². The maximum Gasteiger partial charge on any atom is 0.354 e. The normalized spacial score (nSPS) is 20.6. The summed E-state index contributed by atoms with van der Waals surface area (Å²) in [6.45, 7) is 0.896. The van der Waals surface area contributed by atoms with E-state index >= 15 is 0 Å². The van der Waals surface area contributed by atoms with Crippen molar-refractivity contribution in [2.45, 2.75) is 12.6 Å². The number of pyridine rings is 1. The van der Waals surface area contributed by atoms with Crippen LogP contribution in [0.2, 0.25) is 0 Å². The Morgan fingerprint density at radius 3 is 3.00 bits per heavy atom. The van der Waals surface area contributed by atoms with Crippen LogP contribution in [-0.2, 0) is 0 Å². The van der Waals surface area contributed by atoms with Crippen LogP contribution in [0.5, 0.6) is 0 Å². The third-order valence-electron chi connectivity index (χ3n) is 2.41. The van der Waals surface area contributed by atoms with Crippen molar-refractivity contribution >= 4 is 11.8 Å². The smallest absolute Gasteiger partial charge is 0.354 e. The molecule has 1 unspecified atom stereocenters. The quantitative estimate of drug-likeness (QED) is 0.800. The van der Waals surface area contributed by atoms with Gasteiger partial charge < -0.3 is 10.0 Å². The summed E-state index contributed by atoms with van der Waals surface area (Å²) in [6.07, 6.45) is -0.348. The minimum atomic E-state index is -1.06. The minimum Gasteiger partial charge on any atom is -0.477 e. The van der Waals surface area contributed by atoms with Crippen molar-refractivity contribution in [1.29, 1.82) is 0 Å². The zero-order valence-electron chi connectivity index (χ0n) is 8.06. The Bertz CT molecular complexity index is 383. The molecule has 1 aromatic heterocycles. The molecule has 0 spiro atoms. The number of hydrogen-bond acceptors (Lipinski definition) is 3. The van der Waals surface area contributed by atoms with E-state index in [1.165, 1.54) is 6.07 Å². The van der Waals surface area contributed by atoms with E-state index in [-0.39, 0.29) is 5.69 Å². The summed E-state index contributed by atoms with van der Waals surface area (Å²) in [5, 5.41) is 8.75. The molecule has 2 rings (SSSR count). The molecule has 0 radical (unpaired) electrons. The molecule has 0 amide bonds. The van der Waals surface area contributed by atoms with E-state index in [1.807, 2.05) is 0 Å². The standard InChI is InChI=1S/C10H11FN2O2/c11-7-4-5-13(6-7)9-3-1-2-8(12-9)10(14)15/h1-3,7H,4-6H2,(H,14,15). The van der Waals surface area contributed by atoms with E-state index in [0.717, 1.165) is 0 Å². The summed E-state index contributed by atoms with van der Waals surface area (Å²) in [4.78, 5) is 16.4. The van der Waals surface area contributed by atoms with Crippen molar-refractivity contribution < 1.29 is 14.3 Å². The first-order valence-corrected chi connectivity index (χ1v) is 4.76. The number of nitrogens with zero attached hydrogens (tertiary/aromatic N) is 2. The van der Waals surface area contributed by atoms with Gasteiger partial charge in [-0.25, -0.2) is 14.2 Å². The zero-order valence-corrected chi connectivity index (χ0v) is 8.06. The van der Waals surface area contributed by atoms with Gasteiger partial charge in [0.1, 0.15) is 12.0 Å². The summed E-state index contributed by atoms with van der Waals surface area (Å²) >= 11 is 0. The van der Waals surface area contributed by atoms with Crippen LogP contribution in [0.1, 0.15) is 16.9 Å². The van der Waals surface area contributed by atoms with Gasteiger partial charge in [0.25, 0.3) is 0 Å². The predicted octanol–water partition coefficient (Wildman–Crippen LogP) is 1.33. The Labute approximate surface area is 86.4 Å². The van der Waals surface area contributed by atoms with E-state index in [1.54, 1.807) is 17.0 Å². The van der Waals surface area contributed by atoms with Crippen LogP contribution in [0, 0.1) is 0 Å². The van der Waals surface area contributed by atoms with Crippen LogP contribution >= 0.6 is 0 Å². The fraction of sp³-hybridized carbons (Fsp3) is 0.400. The van der Waals surface area contributed by atoms with Crippen LogP contribution < -0.4 is 4.90 Å². The fourth-order valence-electron chi connectivity index (χ4n) is 1.64. The number of carboxylic acids is 1. The first-order chi connectivity index (χ1) is 7.16. The summed E-state index contributed by atoms with van der Waals surface area (Å²) < 4.78 is 12.9. The second-order valence-corrected chi connectivity index (χ2v) is 3.52. The third-order valence-corrected chi connectivity index (χ3v) is 2.41. The number of hydrogen-bond donors (Lipinski definition) is 1. The van der Waals surface area contributed by atoms with Gasteiger partial charge in [0.15, 0.2) is 5.69 Å². The molecule has 5 heteroatoms. The van der Waals surface area contributed by atoms with Crippen LogP contribution in [0.15, 0.2) is 18.2 Å². The molecule has 0 aliphatic carbocycles. The molecule has 1 fully saturated rings. The van der Waals surface area contributed by atoms with Gasteiger partial charge in [0.2, 0.25) is 0 Å². The number of carboxylic acid groups (broad SMARTS) is 1. The highest BCUT2D eigenvalue weighted by Gasteiger charge is 2.23. The van der Waals surface area contributed by atoms with Gasteiger partial charge in [-0.15, -0.1) is 0 Å². The SMILES string of the molecule is O=C(O)c1cccc(N2CCC(F)C2)n1. The molecule has 1 N–H and O–H groups in total. The van der Waals surface area contributed by atoms with Crippen LogP contribution in [0.4, 0.5) is 10.2 Å². The molecule has 1 saturated heterocycles. The molecule has 15 heavy (non-hydrogen) atoms. The molecule has 4 nitrogen and oxygen atoms in total. The van der Waals surface area contributed by atoms with Crippen LogP contribution in [-0.4, -0.2) is 35.3 Å². The van der Waals surface area contributed by atoms with E-state index in [2.05, 4.69) is 4.98 Å². The van der Waals surface area contributed by atoms with Gasteiger partial charge in [-0.3, -0.25) is 0 Å². The number of carbonyl (C=O) groups is 1. The van der Waals surface area contributed by atoms with Crippen LogP contribution in [0.3, 0.4) is 0 Å². The molecule has 0 bridgehead atoms. The van der Waals surface area contributed by atoms with Crippen molar-refractivity contribution in [1.82, 2.24) is 4.98 Å². The molecule has 2 heterocycles. The van der Waals surface area contributed by atoms with Gasteiger partial charge in [-0.1, -0.05) is 6.07 Å². The van der Waals surface area contributed by atoms with Gasteiger partial charge in [0, 0.05) is 6.54 Å². The first kappa shape index (κ1) is 9.89. The number of aromatic nitrogens is 1. The highest BCUT2D eigenvalue weighted by Crippen LogP contribution is 2.19. The minimum absolute atomic E-state index is 0.00481. The number of alkyl halides is 1. The lowest BCUT2D eigenvalue weighted by Crippen LogP contribution is -2.21. The second kappa shape index (κ2) is 3.84. The van der Waals surface area contributed by atoms with Gasteiger partial charge in [0.05, 0.1) is 6.54 Å². The molecule has 0 aromatic carbocycles. The lowest BCUT2D eigenvalue weighted by molar-refractivity contribution is 0.0690. The Morgan fingerprint density at radius 1 is 1.60 bits per heavy atom. The molecule has 80 valence electrons. The summed E-state index contributed by atoms with van der Waals surface area (Å²) in [5.41, 5.74) is -0.00481. The lowest BCUT2D eigenvalue weighted by atomic mass is 10.3. The fourth-order valence-corrected chi connectivity index (χ4v) is 1.64. The van der Waals surface area contributed by atoms with Crippen LogP contribution in [0.25, 0.3) is 0 Å². The van der Waals surface area contributed by atoms with Crippen molar-refractivity contribution in [3.63, 3.8) is 0 Å². The van der Waals surface area contributed by atoms with Crippen molar-refractivity contribution in [2.75, 3.05) is 18.0 Å². The summed E-state index contributed by atoms with van der Waals surface area (Å²) in [7, 11) is 0. The van der Waals surface area contributed by atoms with E-state index < -0.39 is 12.1 Å². The number of halogens is 1. The summed E-state index contributed by atoms with van der Waals surface area (Å²) in [5.74, 6) is -0.525. The van der Waals surface area contributed by atoms with Gasteiger partial charge >= 0.3 is 5.97 Å². The second-order valence-electron chi connectivity index (χ2n) is 3.52. The highest BCUT2D eigenvalue weighted by molar-refractivity contribution is 5.85. The predicted molar refractivity (Wildman–Crippen MR) is 52.9 cm³/mol. The maximum atomic E-state index is 12.9. The Hall–Kier alpha value is -1.65. The first-order valence-electron chi connectivity index (χ1n) is 4.76. The number of anilines is 1. The Kier molecular flexibility index (Phi) is 2.53. The third kappa shape index (κ3) is 2.06. The molecule has 1 aromatic rings. The molecule has 1 aliphatic rings. The number of aromatic carboxylic acids is 1. The lowest BCUT2D eigenvalue weighted by Gasteiger charge is -2.16. The average Bonchev–Trinajstić information content (AvgIpc) is 2.65. The molecule has 1 aliphatic heterocycles. The van der Waals surface area contributed by atoms with Gasteiger partial charge in [-0.2, -0.15) is 0 Å². The van der Waals surface area contributed by atoms with E-state index in [9.17, 15) is 9.18 Å². The topological polar surface area (TPSA) is 53.4 Å². The van der Waals surface area contributed by atoms with Crippen molar-refractivity contribution in [3.05, 3.63) is 23.9 Å². The molecular formula is C10H11FN2O2. The average molecular weight is 210 g/mol. The Balaban J connectivity index is 2.21. The molecule has 1 atom stereocenters.